The van der Waals surface area contributed by atoms with Crippen molar-refractivity contribution in [2.24, 2.45) is 5.92 Å². The van der Waals surface area contributed by atoms with Crippen molar-refractivity contribution in [3.63, 3.8) is 0 Å². The van der Waals surface area contributed by atoms with Crippen LogP contribution < -0.4 is 10.6 Å². The van der Waals surface area contributed by atoms with Gasteiger partial charge in [0.15, 0.2) is 0 Å². The van der Waals surface area contributed by atoms with Crippen molar-refractivity contribution < 1.29 is 18.0 Å². The second-order valence-electron chi connectivity index (χ2n) is 8.67. The number of rotatable bonds is 7. The molecule has 6 nitrogen and oxygen atoms in total. The minimum Gasteiger partial charge on any atom is -0.349 e. The lowest BCUT2D eigenvalue weighted by Gasteiger charge is -2.29. The molecule has 1 aliphatic rings. The normalized spacial score (nSPS) is 18.7. The predicted octanol–water partition coefficient (Wildman–Crippen LogP) is 4.87. The van der Waals surface area contributed by atoms with Crippen molar-refractivity contribution in [1.29, 1.82) is 0 Å². The van der Waals surface area contributed by atoms with Crippen molar-refractivity contribution >= 4 is 27.3 Å². The van der Waals surface area contributed by atoms with Gasteiger partial charge in [-0.25, -0.2) is 8.42 Å². The van der Waals surface area contributed by atoms with Gasteiger partial charge < -0.3 is 10.6 Å². The first kappa shape index (κ1) is 24.0. The first-order chi connectivity index (χ1) is 15.2. The van der Waals surface area contributed by atoms with Crippen LogP contribution in [0.1, 0.15) is 68.3 Å². The van der Waals surface area contributed by atoms with Gasteiger partial charge in [0.1, 0.15) is 0 Å². The lowest BCUT2D eigenvalue weighted by Crippen LogP contribution is -2.41. The van der Waals surface area contributed by atoms with E-state index in [0.717, 1.165) is 24.8 Å². The molecule has 2 atom stereocenters. The summed E-state index contributed by atoms with van der Waals surface area (Å²) in [4.78, 5) is 25.3. The molecule has 0 spiro atoms. The third-order valence-electron chi connectivity index (χ3n) is 6.04. The molecule has 0 aromatic heterocycles. The highest BCUT2D eigenvalue weighted by Crippen LogP contribution is 2.30. The van der Waals surface area contributed by atoms with E-state index < -0.39 is 9.84 Å². The third-order valence-corrected chi connectivity index (χ3v) is 7.87. The van der Waals surface area contributed by atoms with E-state index in [0.29, 0.717) is 17.9 Å². The summed E-state index contributed by atoms with van der Waals surface area (Å²) in [6.45, 7) is 5.89. The summed E-state index contributed by atoms with van der Waals surface area (Å²) in [5.41, 5.74) is 1.41. The number of hydrogen-bond acceptors (Lipinski definition) is 4. The SMILES string of the molecule is CCCC(=O)Nc1cc(C(=O)N[C@H]2CCCC[C@H]2C)ccc1S(=O)(=O)c1ccc(C)cc1. The van der Waals surface area contributed by atoms with Crippen LogP contribution in [0.2, 0.25) is 0 Å². The Bertz CT molecular complexity index is 1080. The monoisotopic (exact) mass is 456 g/mol. The lowest BCUT2D eigenvalue weighted by atomic mass is 9.86. The van der Waals surface area contributed by atoms with Gasteiger partial charge >= 0.3 is 0 Å². The first-order valence-corrected chi connectivity index (χ1v) is 12.8. The number of amides is 2. The van der Waals surface area contributed by atoms with Crippen LogP contribution >= 0.6 is 0 Å². The van der Waals surface area contributed by atoms with Gasteiger partial charge in [-0.3, -0.25) is 9.59 Å². The Morgan fingerprint density at radius 2 is 1.72 bits per heavy atom. The Kier molecular flexibility index (Phi) is 7.72. The van der Waals surface area contributed by atoms with Crippen molar-refractivity contribution in [2.45, 2.75) is 75.1 Å². The standard InChI is InChI=1S/C25H32N2O4S/c1-4-7-24(28)26-22-16-19(25(29)27-21-9-6-5-8-18(21)3)12-15-23(22)32(30,31)20-13-10-17(2)11-14-20/h10-16,18,21H,4-9H2,1-3H3,(H,26,28)(H,27,29)/t18-,21+/m1/s1. The number of nitrogens with one attached hydrogen (secondary N) is 2. The molecule has 1 fully saturated rings. The number of aryl methyl sites for hydroxylation is 1. The Balaban J connectivity index is 1.95. The number of benzene rings is 2. The molecule has 2 aromatic carbocycles. The van der Waals surface area contributed by atoms with Gasteiger partial charge in [-0.2, -0.15) is 0 Å². The Labute approximate surface area is 190 Å². The highest BCUT2D eigenvalue weighted by molar-refractivity contribution is 7.91. The molecule has 0 saturated heterocycles. The Morgan fingerprint density at radius 1 is 1.03 bits per heavy atom. The molecule has 2 amide bonds. The summed E-state index contributed by atoms with van der Waals surface area (Å²) in [5.74, 6) is -0.141. The molecule has 172 valence electrons. The molecule has 0 heterocycles. The minimum absolute atomic E-state index is 0.0200. The van der Waals surface area contributed by atoms with Gasteiger partial charge in [-0.05, 0) is 62.4 Å². The molecule has 1 aliphatic carbocycles. The Hall–Kier alpha value is -2.67. The maximum Gasteiger partial charge on any atom is 0.251 e. The molecule has 0 aliphatic heterocycles. The van der Waals surface area contributed by atoms with Crippen LogP contribution in [-0.4, -0.2) is 26.3 Å². The molecule has 2 aromatic rings. The zero-order chi connectivity index (χ0) is 23.3. The van der Waals surface area contributed by atoms with E-state index in [1.165, 1.54) is 24.6 Å². The molecule has 7 heteroatoms. The van der Waals surface area contributed by atoms with Crippen LogP contribution in [0, 0.1) is 12.8 Å². The van der Waals surface area contributed by atoms with E-state index >= 15 is 0 Å². The summed E-state index contributed by atoms with van der Waals surface area (Å²) < 4.78 is 26.6. The minimum atomic E-state index is -3.87. The second-order valence-corrected chi connectivity index (χ2v) is 10.6. The summed E-state index contributed by atoms with van der Waals surface area (Å²) in [5, 5.41) is 5.79. The topological polar surface area (TPSA) is 92.3 Å². The van der Waals surface area contributed by atoms with Crippen LogP contribution in [0.25, 0.3) is 0 Å². The largest absolute Gasteiger partial charge is 0.349 e. The number of hydrogen-bond donors (Lipinski definition) is 2. The predicted molar refractivity (Wildman–Crippen MR) is 125 cm³/mol. The van der Waals surface area contributed by atoms with E-state index in [9.17, 15) is 18.0 Å². The molecular formula is C25H32N2O4S. The van der Waals surface area contributed by atoms with Crippen LogP contribution in [0.15, 0.2) is 52.3 Å². The van der Waals surface area contributed by atoms with Crippen LogP contribution in [0.5, 0.6) is 0 Å². The van der Waals surface area contributed by atoms with Crippen LogP contribution in [-0.2, 0) is 14.6 Å². The highest BCUT2D eigenvalue weighted by atomic mass is 32.2. The molecule has 2 N–H and O–H groups in total. The maximum absolute atomic E-state index is 13.3. The molecule has 1 saturated carbocycles. The number of anilines is 1. The smallest absolute Gasteiger partial charge is 0.251 e. The highest BCUT2D eigenvalue weighted by Gasteiger charge is 2.26. The van der Waals surface area contributed by atoms with E-state index in [4.69, 9.17) is 0 Å². The number of carbonyl (C=O) groups excluding carboxylic acids is 2. The molecular weight excluding hydrogens is 424 g/mol. The molecule has 3 rings (SSSR count). The van der Waals surface area contributed by atoms with Crippen molar-refractivity contribution in [1.82, 2.24) is 5.32 Å². The van der Waals surface area contributed by atoms with Crippen molar-refractivity contribution in [3.8, 4) is 0 Å². The number of sulfone groups is 1. The van der Waals surface area contributed by atoms with E-state index in [-0.39, 0.29) is 39.8 Å². The fourth-order valence-electron chi connectivity index (χ4n) is 4.07. The molecule has 0 bridgehead atoms. The first-order valence-electron chi connectivity index (χ1n) is 11.3. The van der Waals surface area contributed by atoms with Crippen LogP contribution in [0.4, 0.5) is 5.69 Å². The third kappa shape index (κ3) is 5.57. The summed E-state index contributed by atoms with van der Waals surface area (Å²) in [6.07, 6.45) is 5.17. The van der Waals surface area contributed by atoms with Gasteiger partial charge in [-0.15, -0.1) is 0 Å². The molecule has 0 unspecified atom stereocenters. The van der Waals surface area contributed by atoms with Gasteiger partial charge in [0.05, 0.1) is 15.5 Å². The summed E-state index contributed by atoms with van der Waals surface area (Å²) in [6, 6.07) is 11.1. The average molecular weight is 457 g/mol. The lowest BCUT2D eigenvalue weighted by molar-refractivity contribution is -0.116. The summed E-state index contributed by atoms with van der Waals surface area (Å²) >= 11 is 0. The zero-order valence-electron chi connectivity index (χ0n) is 19.0. The van der Waals surface area contributed by atoms with Crippen molar-refractivity contribution in [3.05, 3.63) is 53.6 Å². The fourth-order valence-corrected chi connectivity index (χ4v) is 5.46. The second kappa shape index (κ2) is 10.3. The Morgan fingerprint density at radius 3 is 2.38 bits per heavy atom. The fraction of sp³-hybridized carbons (Fsp3) is 0.440. The average Bonchev–Trinajstić information content (AvgIpc) is 2.75. The van der Waals surface area contributed by atoms with Gasteiger partial charge in [0.25, 0.3) is 5.91 Å². The summed E-state index contributed by atoms with van der Waals surface area (Å²) in [7, 11) is -3.87. The van der Waals surface area contributed by atoms with Crippen LogP contribution in [0.3, 0.4) is 0 Å². The van der Waals surface area contributed by atoms with E-state index in [1.807, 2.05) is 13.8 Å². The zero-order valence-corrected chi connectivity index (χ0v) is 19.8. The van der Waals surface area contributed by atoms with E-state index in [1.54, 1.807) is 24.3 Å². The molecule has 32 heavy (non-hydrogen) atoms. The number of carbonyl (C=O) groups is 2. The van der Waals surface area contributed by atoms with Gasteiger partial charge in [0.2, 0.25) is 15.7 Å². The van der Waals surface area contributed by atoms with Gasteiger partial charge in [-0.1, -0.05) is 44.4 Å². The molecule has 0 radical (unpaired) electrons. The quantitative estimate of drug-likeness (QED) is 0.621. The van der Waals surface area contributed by atoms with Gasteiger partial charge in [0, 0.05) is 18.0 Å². The van der Waals surface area contributed by atoms with Crippen molar-refractivity contribution in [2.75, 3.05) is 5.32 Å². The maximum atomic E-state index is 13.3. The van der Waals surface area contributed by atoms with E-state index in [2.05, 4.69) is 17.6 Å².